The third kappa shape index (κ3) is 4.88. The van der Waals surface area contributed by atoms with Crippen LogP contribution in [0.25, 0.3) is 5.69 Å². The molecule has 0 aliphatic rings. The summed E-state index contributed by atoms with van der Waals surface area (Å²) >= 11 is 0. The van der Waals surface area contributed by atoms with Gasteiger partial charge in [0.05, 0.1) is 13.2 Å². The maximum Gasteiger partial charge on any atom is 0.191 e. The lowest BCUT2D eigenvalue weighted by Crippen LogP contribution is -2.37. The fraction of sp³-hybridized carbons (Fsp3) is 0.286. The van der Waals surface area contributed by atoms with Gasteiger partial charge in [-0.3, -0.25) is 9.56 Å². The number of hydrogen-bond acceptors (Lipinski definition) is 4. The van der Waals surface area contributed by atoms with Crippen molar-refractivity contribution < 1.29 is 4.74 Å². The Labute approximate surface area is 165 Å². The Morgan fingerprint density at radius 2 is 1.89 bits per heavy atom. The van der Waals surface area contributed by atoms with Crippen LogP contribution in [0.15, 0.2) is 59.9 Å². The zero-order valence-corrected chi connectivity index (χ0v) is 16.5. The molecule has 0 amide bonds. The monoisotopic (exact) mass is 378 g/mol. The van der Waals surface area contributed by atoms with Crippen molar-refractivity contribution >= 4 is 5.96 Å². The van der Waals surface area contributed by atoms with Gasteiger partial charge in [-0.05, 0) is 37.6 Å². The van der Waals surface area contributed by atoms with Crippen molar-refractivity contribution in [3.8, 4) is 11.4 Å². The third-order valence-corrected chi connectivity index (χ3v) is 4.26. The second-order valence-corrected chi connectivity index (χ2v) is 6.28. The van der Waals surface area contributed by atoms with Gasteiger partial charge in [0.25, 0.3) is 0 Å². The second kappa shape index (κ2) is 9.55. The van der Waals surface area contributed by atoms with E-state index in [4.69, 9.17) is 4.74 Å². The molecule has 0 saturated heterocycles. The lowest BCUT2D eigenvalue weighted by atomic mass is 10.1. The van der Waals surface area contributed by atoms with Gasteiger partial charge in [0, 0.05) is 24.8 Å². The molecule has 0 atom stereocenters. The van der Waals surface area contributed by atoms with E-state index in [9.17, 15) is 0 Å². The van der Waals surface area contributed by atoms with E-state index in [2.05, 4.69) is 50.9 Å². The van der Waals surface area contributed by atoms with Crippen LogP contribution in [-0.4, -0.2) is 34.4 Å². The molecule has 3 aromatic rings. The van der Waals surface area contributed by atoms with Gasteiger partial charge in [-0.25, -0.2) is 0 Å². The van der Waals surface area contributed by atoms with E-state index in [1.807, 2.05) is 41.8 Å². The van der Waals surface area contributed by atoms with Crippen molar-refractivity contribution in [3.63, 3.8) is 0 Å². The van der Waals surface area contributed by atoms with Crippen LogP contribution >= 0.6 is 0 Å². The highest BCUT2D eigenvalue weighted by molar-refractivity contribution is 5.79. The summed E-state index contributed by atoms with van der Waals surface area (Å²) < 4.78 is 7.70. The molecule has 0 spiro atoms. The SMILES string of the molecule is CCOc1cc(C)ccc1CNC(=NC)NCc1nncn1-c1ccccc1. The predicted molar refractivity (Wildman–Crippen MR) is 111 cm³/mol. The van der Waals surface area contributed by atoms with E-state index < -0.39 is 0 Å². The van der Waals surface area contributed by atoms with Crippen molar-refractivity contribution in [2.75, 3.05) is 13.7 Å². The Morgan fingerprint density at radius 1 is 1.11 bits per heavy atom. The smallest absolute Gasteiger partial charge is 0.191 e. The summed E-state index contributed by atoms with van der Waals surface area (Å²) in [5.74, 6) is 2.39. The number of rotatable bonds is 7. The number of nitrogens with zero attached hydrogens (tertiary/aromatic N) is 4. The number of aliphatic imine (C=N–C) groups is 1. The summed E-state index contributed by atoms with van der Waals surface area (Å²) in [6, 6.07) is 16.2. The highest BCUT2D eigenvalue weighted by atomic mass is 16.5. The average molecular weight is 378 g/mol. The molecule has 7 nitrogen and oxygen atoms in total. The fourth-order valence-corrected chi connectivity index (χ4v) is 2.84. The lowest BCUT2D eigenvalue weighted by Gasteiger charge is -2.15. The molecule has 1 aromatic heterocycles. The molecule has 0 aliphatic heterocycles. The van der Waals surface area contributed by atoms with Gasteiger partial charge in [0.1, 0.15) is 12.1 Å². The van der Waals surface area contributed by atoms with Crippen LogP contribution in [0.1, 0.15) is 23.9 Å². The van der Waals surface area contributed by atoms with Crippen LogP contribution in [-0.2, 0) is 13.1 Å². The highest BCUT2D eigenvalue weighted by Gasteiger charge is 2.09. The quantitative estimate of drug-likeness (QED) is 0.488. The first-order chi connectivity index (χ1) is 13.7. The van der Waals surface area contributed by atoms with Gasteiger partial charge in [-0.1, -0.05) is 30.3 Å². The number of benzene rings is 2. The number of aromatic nitrogens is 3. The van der Waals surface area contributed by atoms with Crippen molar-refractivity contribution in [2.45, 2.75) is 26.9 Å². The van der Waals surface area contributed by atoms with Crippen LogP contribution in [0.3, 0.4) is 0 Å². The van der Waals surface area contributed by atoms with E-state index in [1.165, 1.54) is 5.56 Å². The number of aryl methyl sites for hydroxylation is 1. The van der Waals surface area contributed by atoms with E-state index in [0.29, 0.717) is 25.7 Å². The fourth-order valence-electron chi connectivity index (χ4n) is 2.84. The zero-order valence-electron chi connectivity index (χ0n) is 16.5. The van der Waals surface area contributed by atoms with Gasteiger partial charge in [0.2, 0.25) is 0 Å². The summed E-state index contributed by atoms with van der Waals surface area (Å²) in [6.07, 6.45) is 1.71. The molecule has 2 aromatic carbocycles. The van der Waals surface area contributed by atoms with E-state index >= 15 is 0 Å². The molecule has 2 N–H and O–H groups in total. The molecule has 0 radical (unpaired) electrons. The molecule has 0 saturated carbocycles. The van der Waals surface area contributed by atoms with Crippen molar-refractivity contribution in [1.82, 2.24) is 25.4 Å². The summed E-state index contributed by atoms with van der Waals surface area (Å²) in [4.78, 5) is 4.29. The number of para-hydroxylation sites is 1. The maximum absolute atomic E-state index is 5.75. The molecule has 28 heavy (non-hydrogen) atoms. The minimum atomic E-state index is 0.501. The van der Waals surface area contributed by atoms with E-state index in [-0.39, 0.29) is 0 Å². The average Bonchev–Trinajstić information content (AvgIpc) is 3.19. The number of nitrogens with one attached hydrogen (secondary N) is 2. The Morgan fingerprint density at radius 3 is 2.64 bits per heavy atom. The van der Waals surface area contributed by atoms with E-state index in [0.717, 1.165) is 22.8 Å². The normalized spacial score (nSPS) is 11.3. The minimum absolute atomic E-state index is 0.501. The van der Waals surface area contributed by atoms with Crippen molar-refractivity contribution in [2.24, 2.45) is 4.99 Å². The lowest BCUT2D eigenvalue weighted by molar-refractivity contribution is 0.336. The Hall–Kier alpha value is -3.35. The standard InChI is InChI=1S/C21H26N6O/c1-4-28-19-12-16(2)10-11-17(19)13-23-21(22-3)24-14-20-26-25-15-27(20)18-8-6-5-7-9-18/h5-12,15H,4,13-14H2,1-3H3,(H2,22,23,24). The molecule has 146 valence electrons. The maximum atomic E-state index is 5.75. The Kier molecular flexibility index (Phi) is 6.62. The topological polar surface area (TPSA) is 76.4 Å². The molecule has 0 bridgehead atoms. The molecule has 0 unspecified atom stereocenters. The first-order valence-corrected chi connectivity index (χ1v) is 9.32. The van der Waals surface area contributed by atoms with Crippen LogP contribution in [0.4, 0.5) is 0 Å². The minimum Gasteiger partial charge on any atom is -0.494 e. The Bertz CT molecular complexity index is 920. The summed E-state index contributed by atoms with van der Waals surface area (Å²) in [6.45, 7) is 5.80. The highest BCUT2D eigenvalue weighted by Crippen LogP contribution is 2.20. The van der Waals surface area contributed by atoms with Gasteiger partial charge in [-0.2, -0.15) is 0 Å². The molecular formula is C21H26N6O. The van der Waals surface area contributed by atoms with Gasteiger partial charge < -0.3 is 15.4 Å². The summed E-state index contributed by atoms with van der Waals surface area (Å²) in [5, 5.41) is 14.9. The second-order valence-electron chi connectivity index (χ2n) is 6.28. The molecular weight excluding hydrogens is 352 g/mol. The zero-order chi connectivity index (χ0) is 19.8. The van der Waals surface area contributed by atoms with Gasteiger partial charge in [0.15, 0.2) is 11.8 Å². The molecule has 0 fully saturated rings. The van der Waals surface area contributed by atoms with E-state index in [1.54, 1.807) is 13.4 Å². The molecule has 0 aliphatic carbocycles. The Balaban J connectivity index is 1.62. The molecule has 1 heterocycles. The number of ether oxygens (including phenoxy) is 1. The first-order valence-electron chi connectivity index (χ1n) is 9.32. The predicted octanol–water partition coefficient (Wildman–Crippen LogP) is 2.84. The largest absolute Gasteiger partial charge is 0.494 e. The van der Waals surface area contributed by atoms with Crippen LogP contribution in [0, 0.1) is 6.92 Å². The summed E-state index contributed by atoms with van der Waals surface area (Å²) in [5.41, 5.74) is 3.28. The number of hydrogen-bond donors (Lipinski definition) is 2. The first kappa shape index (κ1) is 19.4. The van der Waals surface area contributed by atoms with Gasteiger partial charge in [-0.15, -0.1) is 10.2 Å². The van der Waals surface area contributed by atoms with Crippen LogP contribution < -0.4 is 15.4 Å². The molecule has 3 rings (SSSR count). The summed E-state index contributed by atoms with van der Waals surface area (Å²) in [7, 11) is 1.75. The van der Waals surface area contributed by atoms with Crippen LogP contribution in [0.2, 0.25) is 0 Å². The number of guanidine groups is 1. The van der Waals surface area contributed by atoms with Crippen LogP contribution in [0.5, 0.6) is 5.75 Å². The van der Waals surface area contributed by atoms with Gasteiger partial charge >= 0.3 is 0 Å². The third-order valence-electron chi connectivity index (χ3n) is 4.26. The van der Waals surface area contributed by atoms with Crippen molar-refractivity contribution in [3.05, 3.63) is 71.8 Å². The van der Waals surface area contributed by atoms with Crippen molar-refractivity contribution in [1.29, 1.82) is 0 Å². The molecule has 7 heteroatoms.